The van der Waals surface area contributed by atoms with E-state index in [1.54, 1.807) is 24.3 Å². The van der Waals surface area contributed by atoms with E-state index in [4.69, 9.17) is 11.6 Å². The lowest BCUT2D eigenvalue weighted by molar-refractivity contribution is -0.142. The van der Waals surface area contributed by atoms with Crippen LogP contribution in [0.15, 0.2) is 24.3 Å². The SMILES string of the molecule is O=C(NN1C(=O)[C@H]2C[C@H](Br)[C@@H](Br)C[C@H]2C1=O)c1ccccc1Cl. The molecule has 1 heterocycles. The lowest BCUT2D eigenvalue weighted by atomic mass is 9.81. The number of amides is 3. The van der Waals surface area contributed by atoms with Crippen LogP contribution in [-0.2, 0) is 9.59 Å². The van der Waals surface area contributed by atoms with Crippen LogP contribution in [0.5, 0.6) is 0 Å². The van der Waals surface area contributed by atoms with Gasteiger partial charge in [-0.15, -0.1) is 0 Å². The van der Waals surface area contributed by atoms with Gasteiger partial charge in [0.2, 0.25) is 0 Å². The molecule has 1 aliphatic heterocycles. The molecule has 1 aliphatic carbocycles. The van der Waals surface area contributed by atoms with Crippen molar-refractivity contribution < 1.29 is 14.4 Å². The maximum atomic E-state index is 12.5. The number of carbonyl (C=O) groups excluding carboxylic acids is 3. The number of carbonyl (C=O) groups is 3. The third-order valence-corrected chi connectivity index (χ3v) is 7.31. The number of hydrazine groups is 1. The van der Waals surface area contributed by atoms with Gasteiger partial charge in [0.1, 0.15) is 0 Å². The Morgan fingerprint density at radius 2 is 1.61 bits per heavy atom. The Morgan fingerprint density at radius 3 is 2.13 bits per heavy atom. The standard InChI is InChI=1S/C15H13Br2ClN2O3/c16-10-5-8-9(6-11(10)17)15(23)20(14(8)22)19-13(21)7-3-1-2-4-12(7)18/h1-4,8-11H,5-6H2,(H,19,21)/t8-,9+,10-,11-/m0/s1. The highest BCUT2D eigenvalue weighted by atomic mass is 79.9. The molecule has 3 amide bonds. The van der Waals surface area contributed by atoms with Gasteiger partial charge in [0.25, 0.3) is 17.7 Å². The Hall–Kier alpha value is -0.920. The monoisotopic (exact) mass is 462 g/mol. The van der Waals surface area contributed by atoms with Gasteiger partial charge in [-0.1, -0.05) is 55.6 Å². The Balaban J connectivity index is 1.79. The molecule has 2 fully saturated rings. The zero-order valence-electron chi connectivity index (χ0n) is 11.8. The highest BCUT2D eigenvalue weighted by molar-refractivity contribution is 9.12. The van der Waals surface area contributed by atoms with Crippen LogP contribution < -0.4 is 5.43 Å². The first-order chi connectivity index (χ1) is 10.9. The van der Waals surface area contributed by atoms with Gasteiger partial charge in [-0.2, -0.15) is 5.01 Å². The molecule has 0 unspecified atom stereocenters. The van der Waals surface area contributed by atoms with Crippen LogP contribution in [-0.4, -0.2) is 32.4 Å². The minimum absolute atomic E-state index is 0.125. The zero-order valence-corrected chi connectivity index (χ0v) is 15.8. The van der Waals surface area contributed by atoms with Crippen molar-refractivity contribution in [1.29, 1.82) is 0 Å². The summed E-state index contributed by atoms with van der Waals surface area (Å²) in [6.45, 7) is 0. The largest absolute Gasteiger partial charge is 0.272 e. The lowest BCUT2D eigenvalue weighted by Crippen LogP contribution is -2.46. The molecule has 5 nitrogen and oxygen atoms in total. The van der Waals surface area contributed by atoms with Gasteiger partial charge in [-0.3, -0.25) is 19.8 Å². The first kappa shape index (κ1) is 16.9. The number of nitrogens with one attached hydrogen (secondary N) is 1. The molecule has 1 saturated heterocycles. The number of rotatable bonds is 2. The average Bonchev–Trinajstić information content (AvgIpc) is 2.73. The molecule has 1 aromatic carbocycles. The molecule has 23 heavy (non-hydrogen) atoms. The van der Waals surface area contributed by atoms with E-state index in [0.717, 1.165) is 5.01 Å². The fraction of sp³-hybridized carbons (Fsp3) is 0.400. The number of imide groups is 1. The van der Waals surface area contributed by atoms with Crippen LogP contribution in [0.3, 0.4) is 0 Å². The number of nitrogens with zero attached hydrogens (tertiary/aromatic N) is 1. The first-order valence-corrected chi connectivity index (χ1v) is 9.32. The van der Waals surface area contributed by atoms with E-state index in [1.807, 2.05) is 0 Å². The molecule has 1 N–H and O–H groups in total. The van der Waals surface area contributed by atoms with Crippen LogP contribution in [0.25, 0.3) is 0 Å². The summed E-state index contributed by atoms with van der Waals surface area (Å²) < 4.78 is 0. The normalized spacial score (nSPS) is 30.3. The molecule has 122 valence electrons. The van der Waals surface area contributed by atoms with Gasteiger partial charge in [0.15, 0.2) is 0 Å². The van der Waals surface area contributed by atoms with E-state index >= 15 is 0 Å². The Morgan fingerprint density at radius 1 is 1.09 bits per heavy atom. The molecule has 8 heteroatoms. The smallest absolute Gasteiger partial charge is 0.271 e. The molecule has 3 rings (SSSR count). The second kappa shape index (κ2) is 6.53. The Labute approximate surface area is 155 Å². The van der Waals surface area contributed by atoms with Crippen molar-refractivity contribution >= 4 is 61.2 Å². The van der Waals surface area contributed by atoms with E-state index in [2.05, 4.69) is 37.3 Å². The molecule has 0 radical (unpaired) electrons. The van der Waals surface area contributed by atoms with Gasteiger partial charge in [0, 0.05) is 9.65 Å². The number of fused-ring (bicyclic) bond motifs is 1. The predicted octanol–water partition coefficient (Wildman–Crippen LogP) is 2.91. The fourth-order valence-corrected chi connectivity index (χ4v) is 4.47. The van der Waals surface area contributed by atoms with Crippen molar-refractivity contribution in [1.82, 2.24) is 10.4 Å². The van der Waals surface area contributed by atoms with Crippen molar-refractivity contribution in [2.45, 2.75) is 22.5 Å². The number of benzene rings is 1. The lowest BCUT2D eigenvalue weighted by Gasteiger charge is -2.29. The molecule has 1 saturated carbocycles. The van der Waals surface area contributed by atoms with Crippen LogP contribution in [0.2, 0.25) is 5.02 Å². The van der Waals surface area contributed by atoms with Crippen molar-refractivity contribution in [2.75, 3.05) is 0 Å². The quantitative estimate of drug-likeness (QED) is 0.541. The highest BCUT2D eigenvalue weighted by Gasteiger charge is 2.52. The number of halogens is 3. The third kappa shape index (κ3) is 3.06. The molecule has 0 spiro atoms. The van der Waals surface area contributed by atoms with Gasteiger partial charge < -0.3 is 0 Å². The first-order valence-electron chi connectivity index (χ1n) is 7.11. The van der Waals surface area contributed by atoms with Gasteiger partial charge >= 0.3 is 0 Å². The highest BCUT2D eigenvalue weighted by Crippen LogP contribution is 2.42. The van der Waals surface area contributed by atoms with Crippen molar-refractivity contribution in [3.8, 4) is 0 Å². The van der Waals surface area contributed by atoms with Crippen molar-refractivity contribution in [2.24, 2.45) is 11.8 Å². The van der Waals surface area contributed by atoms with Crippen LogP contribution >= 0.6 is 43.5 Å². The molecule has 0 bridgehead atoms. The maximum absolute atomic E-state index is 12.5. The number of alkyl halides is 2. The summed E-state index contributed by atoms with van der Waals surface area (Å²) in [5.41, 5.74) is 2.63. The number of hydrogen-bond donors (Lipinski definition) is 1. The average molecular weight is 465 g/mol. The van der Waals surface area contributed by atoms with E-state index in [9.17, 15) is 14.4 Å². The zero-order chi connectivity index (χ0) is 16.7. The van der Waals surface area contributed by atoms with E-state index < -0.39 is 17.7 Å². The van der Waals surface area contributed by atoms with E-state index in [-0.39, 0.29) is 32.1 Å². The Bertz CT molecular complexity index is 656. The summed E-state index contributed by atoms with van der Waals surface area (Å²) in [4.78, 5) is 37.5. The summed E-state index contributed by atoms with van der Waals surface area (Å²) >= 11 is 13.0. The fourth-order valence-electron chi connectivity index (χ4n) is 3.01. The molecular formula is C15H13Br2ClN2O3. The van der Waals surface area contributed by atoms with Crippen LogP contribution in [0, 0.1) is 11.8 Å². The number of hydrogen-bond acceptors (Lipinski definition) is 3. The van der Waals surface area contributed by atoms with E-state index in [1.165, 1.54) is 0 Å². The molecule has 1 aromatic rings. The Kier molecular flexibility index (Phi) is 4.80. The summed E-state index contributed by atoms with van der Waals surface area (Å²) in [7, 11) is 0. The third-order valence-electron chi connectivity index (χ3n) is 4.24. The van der Waals surface area contributed by atoms with Gasteiger partial charge in [-0.25, -0.2) is 0 Å². The second-order valence-electron chi connectivity index (χ2n) is 5.65. The minimum Gasteiger partial charge on any atom is -0.272 e. The van der Waals surface area contributed by atoms with Crippen molar-refractivity contribution in [3.63, 3.8) is 0 Å². The summed E-state index contributed by atoms with van der Waals surface area (Å²) in [6.07, 6.45) is 1.12. The molecule has 2 aliphatic rings. The summed E-state index contributed by atoms with van der Waals surface area (Å²) in [5.74, 6) is -2.07. The van der Waals surface area contributed by atoms with Gasteiger partial charge in [0.05, 0.1) is 22.4 Å². The molecular weight excluding hydrogens is 451 g/mol. The van der Waals surface area contributed by atoms with E-state index in [0.29, 0.717) is 12.8 Å². The molecule has 4 atom stereocenters. The topological polar surface area (TPSA) is 66.5 Å². The van der Waals surface area contributed by atoms with Crippen LogP contribution in [0.4, 0.5) is 0 Å². The minimum atomic E-state index is -0.568. The second-order valence-corrected chi connectivity index (χ2v) is 8.41. The maximum Gasteiger partial charge on any atom is 0.271 e. The summed E-state index contributed by atoms with van der Waals surface area (Å²) in [6, 6.07) is 6.48. The molecule has 0 aromatic heterocycles. The van der Waals surface area contributed by atoms with Crippen molar-refractivity contribution in [3.05, 3.63) is 34.9 Å². The van der Waals surface area contributed by atoms with Gasteiger partial charge in [-0.05, 0) is 25.0 Å². The summed E-state index contributed by atoms with van der Waals surface area (Å²) in [5, 5.41) is 1.12. The van der Waals surface area contributed by atoms with Crippen LogP contribution in [0.1, 0.15) is 23.2 Å². The predicted molar refractivity (Wildman–Crippen MR) is 92.4 cm³/mol.